The molecule has 13 heavy (non-hydrogen) atoms. The molecular weight excluding hydrogens is 170 g/mol. The van der Waals surface area contributed by atoms with Gasteiger partial charge in [-0.25, -0.2) is 0 Å². The van der Waals surface area contributed by atoms with Crippen molar-refractivity contribution >= 4 is 11.7 Å². The lowest BCUT2D eigenvalue weighted by Crippen LogP contribution is -2.19. The first kappa shape index (κ1) is 7.60. The van der Waals surface area contributed by atoms with E-state index in [1.165, 1.54) is 18.2 Å². The summed E-state index contributed by atoms with van der Waals surface area (Å²) in [7, 11) is 0. The van der Waals surface area contributed by atoms with Crippen molar-refractivity contribution in [3.8, 4) is 0 Å². The SMILES string of the molecule is NC1=C2C(=O)C=CC=C2C(=O)N=N1. The van der Waals surface area contributed by atoms with Gasteiger partial charge in [0.15, 0.2) is 11.6 Å². The van der Waals surface area contributed by atoms with Gasteiger partial charge in [-0.05, 0) is 12.2 Å². The molecule has 0 aromatic rings. The lowest BCUT2D eigenvalue weighted by molar-refractivity contribution is -0.116. The molecule has 0 aromatic carbocycles. The summed E-state index contributed by atoms with van der Waals surface area (Å²) in [6.07, 6.45) is 4.33. The molecule has 0 aromatic heterocycles. The number of nitrogens with two attached hydrogens (primary N) is 1. The number of fused-ring (bicyclic) bond motifs is 1. The molecule has 1 amide bonds. The van der Waals surface area contributed by atoms with Crippen LogP contribution in [0.25, 0.3) is 0 Å². The third kappa shape index (κ3) is 1.01. The fraction of sp³-hybridized carbons (Fsp3) is 0. The highest BCUT2D eigenvalue weighted by molar-refractivity contribution is 6.18. The number of ketones is 1. The molecule has 0 bridgehead atoms. The fourth-order valence-electron chi connectivity index (χ4n) is 1.18. The predicted octanol–water partition coefficient (Wildman–Crippen LogP) is 0.214. The molecule has 2 rings (SSSR count). The second kappa shape index (κ2) is 2.48. The second-order valence-electron chi connectivity index (χ2n) is 2.57. The van der Waals surface area contributed by atoms with Gasteiger partial charge >= 0.3 is 0 Å². The van der Waals surface area contributed by atoms with Crippen LogP contribution in [-0.4, -0.2) is 11.7 Å². The first-order chi connectivity index (χ1) is 6.20. The molecule has 5 nitrogen and oxygen atoms in total. The van der Waals surface area contributed by atoms with Crippen LogP contribution in [-0.2, 0) is 9.59 Å². The number of azo groups is 1. The Morgan fingerprint density at radius 1 is 1.23 bits per heavy atom. The van der Waals surface area contributed by atoms with Crippen molar-refractivity contribution in [2.75, 3.05) is 0 Å². The van der Waals surface area contributed by atoms with Gasteiger partial charge in [0.1, 0.15) is 0 Å². The molecular formula is C8H5N3O2. The largest absolute Gasteiger partial charge is 0.382 e. The Bertz CT molecular complexity index is 427. The number of rotatable bonds is 0. The Balaban J connectivity index is 2.65. The molecule has 0 spiro atoms. The van der Waals surface area contributed by atoms with Crippen LogP contribution < -0.4 is 5.73 Å². The van der Waals surface area contributed by atoms with Gasteiger partial charge in [-0.1, -0.05) is 6.08 Å². The van der Waals surface area contributed by atoms with E-state index in [2.05, 4.69) is 10.2 Å². The van der Waals surface area contributed by atoms with Crippen molar-refractivity contribution in [1.82, 2.24) is 0 Å². The van der Waals surface area contributed by atoms with Crippen LogP contribution in [0.4, 0.5) is 0 Å². The molecule has 0 radical (unpaired) electrons. The van der Waals surface area contributed by atoms with E-state index in [1.807, 2.05) is 0 Å². The summed E-state index contributed by atoms with van der Waals surface area (Å²) in [5.74, 6) is -0.830. The standard InChI is InChI=1S/C8H5N3O2/c9-7-6-4(8(13)11-10-7)2-1-3-5(6)12/h1-3H,9H2. The van der Waals surface area contributed by atoms with Crippen LogP contribution in [0.5, 0.6) is 0 Å². The van der Waals surface area contributed by atoms with Crippen LogP contribution in [0, 0.1) is 0 Å². The minimum atomic E-state index is -0.526. The third-order valence-corrected chi connectivity index (χ3v) is 1.76. The summed E-state index contributed by atoms with van der Waals surface area (Å²) in [6, 6.07) is 0. The Labute approximate surface area is 73.3 Å². The van der Waals surface area contributed by atoms with Gasteiger partial charge in [-0.3, -0.25) is 9.59 Å². The first-order valence-electron chi connectivity index (χ1n) is 3.59. The maximum absolute atomic E-state index is 11.3. The minimum absolute atomic E-state index is 0.000185. The number of nitrogens with zero attached hydrogens (tertiary/aromatic N) is 2. The van der Waals surface area contributed by atoms with E-state index in [1.54, 1.807) is 0 Å². The zero-order chi connectivity index (χ0) is 9.42. The molecule has 2 aliphatic rings. The Morgan fingerprint density at radius 3 is 2.69 bits per heavy atom. The second-order valence-corrected chi connectivity index (χ2v) is 2.57. The van der Waals surface area contributed by atoms with Crippen molar-refractivity contribution in [3.63, 3.8) is 0 Å². The highest BCUT2D eigenvalue weighted by atomic mass is 16.2. The van der Waals surface area contributed by atoms with Crippen LogP contribution >= 0.6 is 0 Å². The average Bonchev–Trinajstić information content (AvgIpc) is 2.12. The number of carbonyl (C=O) groups is 2. The minimum Gasteiger partial charge on any atom is -0.382 e. The lowest BCUT2D eigenvalue weighted by atomic mass is 9.96. The quantitative estimate of drug-likeness (QED) is 0.571. The van der Waals surface area contributed by atoms with E-state index in [-0.39, 0.29) is 22.8 Å². The number of allylic oxidation sites excluding steroid dienone is 3. The molecule has 0 saturated heterocycles. The Kier molecular flexibility index (Phi) is 1.45. The summed E-state index contributed by atoms with van der Waals surface area (Å²) >= 11 is 0. The van der Waals surface area contributed by atoms with E-state index in [0.29, 0.717) is 0 Å². The maximum atomic E-state index is 11.3. The highest BCUT2D eigenvalue weighted by Crippen LogP contribution is 2.24. The zero-order valence-electron chi connectivity index (χ0n) is 6.52. The van der Waals surface area contributed by atoms with E-state index in [9.17, 15) is 9.59 Å². The van der Waals surface area contributed by atoms with Crippen molar-refractivity contribution in [2.45, 2.75) is 0 Å². The van der Waals surface area contributed by atoms with Crippen molar-refractivity contribution < 1.29 is 9.59 Å². The molecule has 1 heterocycles. The molecule has 2 N–H and O–H groups in total. The normalized spacial score (nSPS) is 20.5. The van der Waals surface area contributed by atoms with Gasteiger partial charge in [-0.15, -0.1) is 10.2 Å². The van der Waals surface area contributed by atoms with Crippen LogP contribution in [0.2, 0.25) is 0 Å². The summed E-state index contributed by atoms with van der Waals surface area (Å²) in [5, 5.41) is 6.66. The third-order valence-electron chi connectivity index (χ3n) is 1.76. The van der Waals surface area contributed by atoms with Gasteiger partial charge in [0.25, 0.3) is 5.91 Å². The first-order valence-corrected chi connectivity index (χ1v) is 3.59. The summed E-state index contributed by atoms with van der Waals surface area (Å²) < 4.78 is 0. The van der Waals surface area contributed by atoms with Crippen molar-refractivity contribution in [2.24, 2.45) is 16.0 Å². The molecule has 1 aliphatic carbocycles. The summed E-state index contributed by atoms with van der Waals surface area (Å²) in [6.45, 7) is 0. The molecule has 64 valence electrons. The molecule has 0 atom stereocenters. The monoisotopic (exact) mass is 175 g/mol. The number of carbonyl (C=O) groups excluding carboxylic acids is 2. The summed E-state index contributed by atoms with van der Waals surface area (Å²) in [5.41, 5.74) is 5.79. The highest BCUT2D eigenvalue weighted by Gasteiger charge is 2.27. The van der Waals surface area contributed by atoms with E-state index in [4.69, 9.17) is 5.73 Å². The van der Waals surface area contributed by atoms with E-state index in [0.717, 1.165) is 0 Å². The lowest BCUT2D eigenvalue weighted by Gasteiger charge is -2.12. The Hall–Kier alpha value is -2.04. The zero-order valence-corrected chi connectivity index (χ0v) is 6.52. The smallest absolute Gasteiger partial charge is 0.296 e. The molecule has 5 heteroatoms. The van der Waals surface area contributed by atoms with E-state index < -0.39 is 5.91 Å². The maximum Gasteiger partial charge on any atom is 0.296 e. The molecule has 1 aliphatic heterocycles. The number of hydrogen-bond donors (Lipinski definition) is 1. The summed E-state index contributed by atoms with van der Waals surface area (Å²) in [4.78, 5) is 22.4. The van der Waals surface area contributed by atoms with Gasteiger partial charge in [0.2, 0.25) is 0 Å². The van der Waals surface area contributed by atoms with Gasteiger partial charge in [-0.2, -0.15) is 0 Å². The Morgan fingerprint density at radius 2 is 2.00 bits per heavy atom. The van der Waals surface area contributed by atoms with Crippen LogP contribution in [0.3, 0.4) is 0 Å². The van der Waals surface area contributed by atoms with E-state index >= 15 is 0 Å². The number of hydrogen-bond acceptors (Lipinski definition) is 4. The predicted molar refractivity (Wildman–Crippen MR) is 43.3 cm³/mol. The topological polar surface area (TPSA) is 84.9 Å². The average molecular weight is 175 g/mol. The van der Waals surface area contributed by atoms with Crippen LogP contribution in [0.15, 0.2) is 45.4 Å². The molecule has 0 fully saturated rings. The molecule has 0 unspecified atom stereocenters. The van der Waals surface area contributed by atoms with Gasteiger partial charge in [0, 0.05) is 0 Å². The number of amides is 1. The van der Waals surface area contributed by atoms with Crippen molar-refractivity contribution in [3.05, 3.63) is 35.2 Å². The molecule has 0 saturated carbocycles. The van der Waals surface area contributed by atoms with Gasteiger partial charge in [0.05, 0.1) is 11.1 Å². The van der Waals surface area contributed by atoms with Crippen molar-refractivity contribution in [1.29, 1.82) is 0 Å². The van der Waals surface area contributed by atoms with Gasteiger partial charge < -0.3 is 5.73 Å². The fourth-order valence-corrected chi connectivity index (χ4v) is 1.18. The van der Waals surface area contributed by atoms with Crippen LogP contribution in [0.1, 0.15) is 0 Å².